The number of rotatable bonds is 5. The van der Waals surface area contributed by atoms with E-state index >= 15 is 0 Å². The van der Waals surface area contributed by atoms with Crippen molar-refractivity contribution in [2.75, 3.05) is 23.4 Å². The Morgan fingerprint density at radius 3 is 2.53 bits per heavy atom. The molecule has 1 aromatic carbocycles. The van der Waals surface area contributed by atoms with Crippen LogP contribution in [0.5, 0.6) is 0 Å². The second-order valence-electron chi connectivity index (χ2n) is 9.63. The number of alkyl halides is 2. The number of nitrogens with one attached hydrogen (secondary N) is 1. The smallest absolute Gasteiger partial charge is 0.286 e. The number of amides is 1. The van der Waals surface area contributed by atoms with Crippen LogP contribution in [-0.2, 0) is 17.7 Å². The lowest BCUT2D eigenvalue weighted by Crippen LogP contribution is -2.46. The number of ether oxygens (including phenoxy) is 1. The first kappa shape index (κ1) is 24.1. The minimum Gasteiger partial charge on any atom is -0.377 e. The predicted octanol–water partition coefficient (Wildman–Crippen LogP) is 4.49. The van der Waals surface area contributed by atoms with Crippen molar-refractivity contribution in [1.82, 2.24) is 9.55 Å². The molecule has 7 nitrogen and oxygen atoms in total. The normalized spacial score (nSPS) is 19.4. The molecule has 2 bridgehead atoms. The summed E-state index contributed by atoms with van der Waals surface area (Å²) >= 11 is 0. The fourth-order valence-corrected chi connectivity index (χ4v) is 5.07. The number of aromatic nitrogens is 2. The molecule has 5 rings (SSSR count). The van der Waals surface area contributed by atoms with Gasteiger partial charge in [-0.1, -0.05) is 6.07 Å². The van der Waals surface area contributed by atoms with Crippen molar-refractivity contribution in [2.24, 2.45) is 7.05 Å². The van der Waals surface area contributed by atoms with Gasteiger partial charge in [0.05, 0.1) is 31.0 Å². The van der Waals surface area contributed by atoms with Crippen molar-refractivity contribution >= 4 is 17.3 Å². The van der Waals surface area contributed by atoms with E-state index in [9.17, 15) is 18.4 Å². The highest BCUT2D eigenvalue weighted by atomic mass is 19.3. The topological polar surface area (TPSA) is 76.5 Å². The van der Waals surface area contributed by atoms with Crippen molar-refractivity contribution in [3.8, 4) is 11.3 Å². The van der Waals surface area contributed by atoms with E-state index in [2.05, 4.69) is 15.2 Å². The van der Waals surface area contributed by atoms with Gasteiger partial charge in [-0.3, -0.25) is 14.6 Å². The van der Waals surface area contributed by atoms with Crippen LogP contribution in [0, 0.1) is 6.92 Å². The number of hydrogen-bond donors (Lipinski definition) is 1. The standard InChI is InChI=1S/C27H28F2N4O3/c1-16-4-5-18(31-26(35)17-8-9-30-24(10-17)27(2,28)29)11-22(16)23-12-21(13-25(34)32(23)3)33-19-6-7-20(33)15-36-14-19/h4-5,8-13,19-20H,6-7,14-15H2,1-3H3,(H,31,35). The van der Waals surface area contributed by atoms with E-state index in [0.29, 0.717) is 18.9 Å². The zero-order valence-corrected chi connectivity index (χ0v) is 20.4. The molecule has 2 aliphatic rings. The minimum absolute atomic E-state index is 0.0841. The van der Waals surface area contributed by atoms with E-state index < -0.39 is 17.5 Å². The molecule has 9 heteroatoms. The van der Waals surface area contributed by atoms with E-state index in [1.807, 2.05) is 19.1 Å². The third-order valence-corrected chi connectivity index (χ3v) is 7.03. The molecule has 36 heavy (non-hydrogen) atoms. The second kappa shape index (κ2) is 9.13. The van der Waals surface area contributed by atoms with Crippen LogP contribution in [-0.4, -0.2) is 40.8 Å². The summed E-state index contributed by atoms with van der Waals surface area (Å²) in [4.78, 5) is 31.8. The molecule has 2 atom stereocenters. The molecule has 2 aromatic heterocycles. The monoisotopic (exact) mass is 494 g/mol. The van der Waals surface area contributed by atoms with Gasteiger partial charge in [0.1, 0.15) is 5.69 Å². The second-order valence-corrected chi connectivity index (χ2v) is 9.63. The van der Waals surface area contributed by atoms with Gasteiger partial charge in [-0.05, 0) is 55.7 Å². The first-order chi connectivity index (χ1) is 17.1. The lowest BCUT2D eigenvalue weighted by molar-refractivity contribution is 0.0127. The van der Waals surface area contributed by atoms with Crippen LogP contribution in [0.3, 0.4) is 0 Å². The summed E-state index contributed by atoms with van der Waals surface area (Å²) in [6.07, 6.45) is 3.27. The number of morpholine rings is 1. The Bertz CT molecular complexity index is 1370. The van der Waals surface area contributed by atoms with Gasteiger partial charge in [-0.2, -0.15) is 8.78 Å². The fourth-order valence-electron chi connectivity index (χ4n) is 5.07. The summed E-state index contributed by atoms with van der Waals surface area (Å²) in [7, 11) is 1.73. The molecule has 3 aromatic rings. The van der Waals surface area contributed by atoms with Gasteiger partial charge in [-0.25, -0.2) is 0 Å². The number of nitrogens with zero attached hydrogens (tertiary/aromatic N) is 3. The molecule has 2 fully saturated rings. The number of anilines is 2. The molecule has 0 spiro atoms. The molecule has 1 amide bonds. The van der Waals surface area contributed by atoms with E-state index in [4.69, 9.17) is 4.74 Å². The van der Waals surface area contributed by atoms with Crippen molar-refractivity contribution < 1.29 is 18.3 Å². The SMILES string of the molecule is Cc1ccc(NC(=O)c2ccnc(C(C)(F)F)c2)cc1-c1cc(N2C3CCC2COC3)cc(=O)n1C. The van der Waals surface area contributed by atoms with Crippen LogP contribution < -0.4 is 15.8 Å². The third-order valence-electron chi connectivity index (χ3n) is 7.03. The number of carbonyl (C=O) groups excluding carboxylic acids is 1. The summed E-state index contributed by atoms with van der Waals surface area (Å²) < 4.78 is 34.6. The number of fused-ring (bicyclic) bond motifs is 2. The van der Waals surface area contributed by atoms with Crippen LogP contribution in [0.15, 0.2) is 53.5 Å². The van der Waals surface area contributed by atoms with Gasteiger partial charge in [0, 0.05) is 48.7 Å². The van der Waals surface area contributed by atoms with E-state index in [0.717, 1.165) is 48.3 Å². The molecule has 0 aliphatic carbocycles. The molecule has 188 valence electrons. The van der Waals surface area contributed by atoms with Gasteiger partial charge in [-0.15, -0.1) is 0 Å². The van der Waals surface area contributed by atoms with Crippen molar-refractivity contribution in [3.05, 3.63) is 75.8 Å². The molecule has 2 aliphatic heterocycles. The van der Waals surface area contributed by atoms with Crippen LogP contribution >= 0.6 is 0 Å². The Morgan fingerprint density at radius 2 is 1.83 bits per heavy atom. The van der Waals surface area contributed by atoms with E-state index in [1.54, 1.807) is 29.8 Å². The number of halogens is 2. The highest BCUT2D eigenvalue weighted by molar-refractivity contribution is 6.04. The first-order valence-electron chi connectivity index (χ1n) is 12.0. The van der Waals surface area contributed by atoms with Crippen LogP contribution in [0.25, 0.3) is 11.3 Å². The number of aryl methyl sites for hydroxylation is 1. The molecule has 0 saturated carbocycles. The van der Waals surface area contributed by atoms with Crippen LogP contribution in [0.4, 0.5) is 20.2 Å². The lowest BCUT2D eigenvalue weighted by Gasteiger charge is -2.36. The number of benzene rings is 1. The quantitative estimate of drug-likeness (QED) is 0.566. The van der Waals surface area contributed by atoms with Gasteiger partial charge in [0.2, 0.25) is 0 Å². The average Bonchev–Trinajstić information content (AvgIpc) is 3.09. The third kappa shape index (κ3) is 4.51. The van der Waals surface area contributed by atoms with Gasteiger partial charge in [0.25, 0.3) is 17.4 Å². The number of hydrogen-bond acceptors (Lipinski definition) is 5. The summed E-state index contributed by atoms with van der Waals surface area (Å²) in [6, 6.07) is 12.1. The molecular formula is C27H28F2N4O3. The summed E-state index contributed by atoms with van der Waals surface area (Å²) in [5, 5.41) is 2.78. The zero-order valence-electron chi connectivity index (χ0n) is 20.4. The Hall–Kier alpha value is -3.59. The minimum atomic E-state index is -3.15. The first-order valence-corrected chi connectivity index (χ1v) is 12.0. The Labute approximate surface area is 207 Å². The van der Waals surface area contributed by atoms with Crippen LogP contribution in [0.1, 0.15) is 41.4 Å². The van der Waals surface area contributed by atoms with Crippen molar-refractivity contribution in [1.29, 1.82) is 0 Å². The summed E-state index contributed by atoms with van der Waals surface area (Å²) in [6.45, 7) is 3.99. The van der Waals surface area contributed by atoms with Gasteiger partial charge < -0.3 is 19.5 Å². The molecule has 4 heterocycles. The molecule has 2 saturated heterocycles. The lowest BCUT2D eigenvalue weighted by atomic mass is 10.0. The Morgan fingerprint density at radius 1 is 1.11 bits per heavy atom. The largest absolute Gasteiger partial charge is 0.377 e. The van der Waals surface area contributed by atoms with E-state index in [1.165, 1.54) is 12.3 Å². The molecule has 1 N–H and O–H groups in total. The number of carbonyl (C=O) groups is 1. The summed E-state index contributed by atoms with van der Waals surface area (Å²) in [5.41, 5.74) is 3.33. The Balaban J connectivity index is 1.48. The van der Waals surface area contributed by atoms with Crippen molar-refractivity contribution in [2.45, 2.75) is 44.7 Å². The predicted molar refractivity (Wildman–Crippen MR) is 134 cm³/mol. The zero-order chi connectivity index (χ0) is 25.6. The number of pyridine rings is 2. The van der Waals surface area contributed by atoms with Crippen molar-refractivity contribution in [3.63, 3.8) is 0 Å². The maximum atomic E-state index is 13.7. The molecular weight excluding hydrogens is 466 g/mol. The fraction of sp³-hybridized carbons (Fsp3) is 0.370. The maximum Gasteiger partial charge on any atom is 0.286 e. The molecule has 2 unspecified atom stereocenters. The molecule has 0 radical (unpaired) electrons. The highest BCUT2D eigenvalue weighted by Crippen LogP contribution is 2.36. The van der Waals surface area contributed by atoms with E-state index in [-0.39, 0.29) is 23.2 Å². The van der Waals surface area contributed by atoms with Gasteiger partial charge >= 0.3 is 0 Å². The highest BCUT2D eigenvalue weighted by Gasteiger charge is 2.37. The Kier molecular flexibility index (Phi) is 6.12. The summed E-state index contributed by atoms with van der Waals surface area (Å²) in [5.74, 6) is -3.67. The maximum absolute atomic E-state index is 13.7. The average molecular weight is 495 g/mol. The van der Waals surface area contributed by atoms with Crippen LogP contribution in [0.2, 0.25) is 0 Å². The van der Waals surface area contributed by atoms with Gasteiger partial charge in [0.15, 0.2) is 0 Å².